The highest BCUT2D eigenvalue weighted by atomic mass is 32.2. The van der Waals surface area contributed by atoms with Gasteiger partial charge in [0, 0.05) is 6.54 Å². The fourth-order valence-electron chi connectivity index (χ4n) is 1.85. The molecule has 1 aliphatic rings. The van der Waals surface area contributed by atoms with Crippen LogP contribution in [-0.4, -0.2) is 38.8 Å². The zero-order valence-corrected chi connectivity index (χ0v) is 12.2. The van der Waals surface area contributed by atoms with E-state index in [1.165, 1.54) is 5.06 Å². The third-order valence-electron chi connectivity index (χ3n) is 3.07. The van der Waals surface area contributed by atoms with Gasteiger partial charge in [-0.2, -0.15) is 17.8 Å². The summed E-state index contributed by atoms with van der Waals surface area (Å²) in [7, 11) is -3.78. The van der Waals surface area contributed by atoms with Crippen molar-refractivity contribution >= 4 is 10.1 Å². The van der Waals surface area contributed by atoms with E-state index < -0.39 is 15.7 Å². The molecule has 1 saturated heterocycles. The number of morpholine rings is 1. The van der Waals surface area contributed by atoms with Gasteiger partial charge in [-0.05, 0) is 32.9 Å². The van der Waals surface area contributed by atoms with E-state index in [0.29, 0.717) is 19.8 Å². The van der Waals surface area contributed by atoms with E-state index in [9.17, 15) is 8.42 Å². The average Bonchev–Trinajstić information content (AvgIpc) is 2.32. The van der Waals surface area contributed by atoms with Crippen molar-refractivity contribution < 1.29 is 17.4 Å². The number of hydroxylamine groups is 2. The van der Waals surface area contributed by atoms with Gasteiger partial charge in [-0.1, -0.05) is 17.7 Å². The van der Waals surface area contributed by atoms with Crippen molar-refractivity contribution in [2.45, 2.75) is 31.2 Å². The van der Waals surface area contributed by atoms with Gasteiger partial charge in [-0.25, -0.2) is 0 Å². The molecule has 0 radical (unpaired) electrons. The Labute approximate surface area is 114 Å². The molecule has 0 amide bonds. The van der Waals surface area contributed by atoms with Crippen molar-refractivity contribution in [2.75, 3.05) is 19.8 Å². The number of rotatable bonds is 3. The Morgan fingerprint density at radius 1 is 1.26 bits per heavy atom. The number of aryl methyl sites for hydroxylation is 1. The van der Waals surface area contributed by atoms with Gasteiger partial charge in [0.1, 0.15) is 0 Å². The molecule has 0 aromatic heterocycles. The number of nitrogens with zero attached hydrogens (tertiary/aromatic N) is 1. The monoisotopic (exact) mass is 285 g/mol. The summed E-state index contributed by atoms with van der Waals surface area (Å²) in [6.07, 6.45) is 0. The SMILES string of the molecule is Cc1ccc(S(=O)(=O)ON2CCOCC2(C)C)cc1. The minimum atomic E-state index is -3.78. The normalized spacial score (nSPS) is 20.4. The summed E-state index contributed by atoms with van der Waals surface area (Å²) in [6.45, 7) is 7.01. The first-order valence-corrected chi connectivity index (χ1v) is 7.59. The molecule has 0 atom stereocenters. The lowest BCUT2D eigenvalue weighted by Crippen LogP contribution is -2.53. The minimum Gasteiger partial charge on any atom is -0.378 e. The highest BCUT2D eigenvalue weighted by molar-refractivity contribution is 7.86. The molecule has 1 fully saturated rings. The maximum Gasteiger partial charge on any atom is 0.313 e. The molecule has 5 nitrogen and oxygen atoms in total. The van der Waals surface area contributed by atoms with E-state index in [0.717, 1.165) is 5.56 Å². The molecule has 1 aromatic rings. The Morgan fingerprint density at radius 2 is 1.89 bits per heavy atom. The Kier molecular flexibility index (Phi) is 3.96. The first-order chi connectivity index (χ1) is 8.81. The van der Waals surface area contributed by atoms with Gasteiger partial charge in [-0.15, -0.1) is 0 Å². The molecular weight excluding hydrogens is 266 g/mol. The van der Waals surface area contributed by atoms with E-state index in [1.807, 2.05) is 20.8 Å². The third kappa shape index (κ3) is 3.33. The molecule has 2 rings (SSSR count). The molecule has 0 aliphatic carbocycles. The lowest BCUT2D eigenvalue weighted by atomic mass is 10.1. The van der Waals surface area contributed by atoms with Gasteiger partial charge in [0.15, 0.2) is 0 Å². The van der Waals surface area contributed by atoms with Gasteiger partial charge >= 0.3 is 10.1 Å². The summed E-state index contributed by atoms with van der Waals surface area (Å²) in [6, 6.07) is 6.61. The maximum absolute atomic E-state index is 12.2. The Hall–Kier alpha value is -0.950. The van der Waals surface area contributed by atoms with Gasteiger partial charge in [0.2, 0.25) is 0 Å². The van der Waals surface area contributed by atoms with Crippen molar-refractivity contribution in [1.82, 2.24) is 5.06 Å². The number of ether oxygens (including phenoxy) is 1. The van der Waals surface area contributed by atoms with Crippen LogP contribution in [0.1, 0.15) is 19.4 Å². The highest BCUT2D eigenvalue weighted by Gasteiger charge is 2.35. The predicted octanol–water partition coefficient (Wildman–Crippen LogP) is 1.73. The van der Waals surface area contributed by atoms with Crippen molar-refractivity contribution in [2.24, 2.45) is 0 Å². The minimum absolute atomic E-state index is 0.167. The fraction of sp³-hybridized carbons (Fsp3) is 0.538. The largest absolute Gasteiger partial charge is 0.378 e. The molecule has 1 aliphatic heterocycles. The average molecular weight is 285 g/mol. The van der Waals surface area contributed by atoms with Crippen LogP contribution in [0.4, 0.5) is 0 Å². The summed E-state index contributed by atoms with van der Waals surface area (Å²) in [5.41, 5.74) is 0.543. The first kappa shape index (κ1) is 14.5. The summed E-state index contributed by atoms with van der Waals surface area (Å²) in [5.74, 6) is 0. The van der Waals surface area contributed by atoms with Crippen molar-refractivity contribution in [3.8, 4) is 0 Å². The lowest BCUT2D eigenvalue weighted by molar-refractivity contribution is -0.190. The van der Waals surface area contributed by atoms with E-state index in [1.54, 1.807) is 24.3 Å². The van der Waals surface area contributed by atoms with Crippen molar-refractivity contribution in [3.63, 3.8) is 0 Å². The molecule has 1 heterocycles. The molecule has 0 unspecified atom stereocenters. The van der Waals surface area contributed by atoms with Crippen molar-refractivity contribution in [1.29, 1.82) is 0 Å². The fourth-order valence-corrected chi connectivity index (χ4v) is 2.92. The predicted molar refractivity (Wildman–Crippen MR) is 71.1 cm³/mol. The molecule has 6 heteroatoms. The number of benzene rings is 1. The quantitative estimate of drug-likeness (QED) is 0.846. The summed E-state index contributed by atoms with van der Waals surface area (Å²) >= 11 is 0. The molecule has 0 bridgehead atoms. The summed E-state index contributed by atoms with van der Waals surface area (Å²) in [4.78, 5) is 0.167. The standard InChI is InChI=1S/C13H19NO4S/c1-11-4-6-12(7-5-11)19(15,16)18-14-8-9-17-10-13(14,2)3/h4-7H,8-10H2,1-3H3. The van der Waals surface area contributed by atoms with Gasteiger partial charge in [0.25, 0.3) is 0 Å². The Bertz CT molecular complexity index is 536. The van der Waals surface area contributed by atoms with Crippen molar-refractivity contribution in [3.05, 3.63) is 29.8 Å². The first-order valence-electron chi connectivity index (χ1n) is 6.18. The van der Waals surface area contributed by atoms with E-state index in [-0.39, 0.29) is 4.90 Å². The highest BCUT2D eigenvalue weighted by Crippen LogP contribution is 2.23. The molecule has 1 aromatic carbocycles. The zero-order chi connectivity index (χ0) is 14.1. The number of hydrogen-bond donors (Lipinski definition) is 0. The van der Waals surface area contributed by atoms with Crippen LogP contribution in [0, 0.1) is 6.92 Å². The topological polar surface area (TPSA) is 55.8 Å². The van der Waals surface area contributed by atoms with Crippen LogP contribution >= 0.6 is 0 Å². The second-order valence-electron chi connectivity index (χ2n) is 5.31. The molecule has 0 saturated carbocycles. The lowest BCUT2D eigenvalue weighted by Gasteiger charge is -2.39. The van der Waals surface area contributed by atoms with E-state index >= 15 is 0 Å². The summed E-state index contributed by atoms with van der Waals surface area (Å²) in [5, 5.41) is 1.48. The van der Waals surface area contributed by atoms with Crippen LogP contribution in [0.2, 0.25) is 0 Å². The molecule has 19 heavy (non-hydrogen) atoms. The Morgan fingerprint density at radius 3 is 2.47 bits per heavy atom. The zero-order valence-electron chi connectivity index (χ0n) is 11.4. The van der Waals surface area contributed by atoms with Crippen LogP contribution in [0.15, 0.2) is 29.2 Å². The molecule has 106 valence electrons. The van der Waals surface area contributed by atoms with Crippen LogP contribution in [-0.2, 0) is 19.1 Å². The number of hydrogen-bond acceptors (Lipinski definition) is 5. The van der Waals surface area contributed by atoms with Gasteiger partial charge < -0.3 is 4.74 Å². The van der Waals surface area contributed by atoms with Gasteiger partial charge in [-0.3, -0.25) is 0 Å². The van der Waals surface area contributed by atoms with E-state index in [4.69, 9.17) is 9.02 Å². The summed E-state index contributed by atoms with van der Waals surface area (Å²) < 4.78 is 35.0. The van der Waals surface area contributed by atoms with Crippen LogP contribution in [0.5, 0.6) is 0 Å². The van der Waals surface area contributed by atoms with Crippen LogP contribution in [0.3, 0.4) is 0 Å². The molecule has 0 spiro atoms. The van der Waals surface area contributed by atoms with Crippen LogP contribution < -0.4 is 0 Å². The second kappa shape index (κ2) is 5.20. The molecular formula is C13H19NO4S. The Balaban J connectivity index is 2.19. The second-order valence-corrected chi connectivity index (χ2v) is 6.84. The van der Waals surface area contributed by atoms with Crippen LogP contribution in [0.25, 0.3) is 0 Å². The third-order valence-corrected chi connectivity index (χ3v) is 4.29. The smallest absolute Gasteiger partial charge is 0.313 e. The van der Waals surface area contributed by atoms with Gasteiger partial charge in [0.05, 0.1) is 23.6 Å². The molecule has 0 N–H and O–H groups in total. The van der Waals surface area contributed by atoms with E-state index in [2.05, 4.69) is 0 Å². The maximum atomic E-state index is 12.2.